The molecule has 106 valence electrons. The third kappa shape index (κ3) is 3.77. The molecule has 1 atom stereocenters. The summed E-state index contributed by atoms with van der Waals surface area (Å²) in [5, 5.41) is 0.738. The van der Waals surface area contributed by atoms with Gasteiger partial charge in [0.2, 0.25) is 0 Å². The molecule has 0 aliphatic heterocycles. The molecule has 2 aromatic carbocycles. The van der Waals surface area contributed by atoms with E-state index in [4.69, 9.17) is 23.2 Å². The smallest absolute Gasteiger partial charge is 0.0628 e. The van der Waals surface area contributed by atoms with Gasteiger partial charge in [0.25, 0.3) is 0 Å². The molecule has 2 heteroatoms. The maximum absolute atomic E-state index is 6.66. The zero-order chi connectivity index (χ0) is 14.8. The Balaban J connectivity index is 2.25. The van der Waals surface area contributed by atoms with Gasteiger partial charge in [0.15, 0.2) is 0 Å². The van der Waals surface area contributed by atoms with Gasteiger partial charge in [-0.2, -0.15) is 0 Å². The van der Waals surface area contributed by atoms with Crippen LogP contribution in [0.5, 0.6) is 0 Å². The average Bonchev–Trinajstić information content (AvgIpc) is 2.40. The Labute approximate surface area is 131 Å². The Morgan fingerprint density at radius 2 is 1.55 bits per heavy atom. The number of hydrogen-bond acceptors (Lipinski definition) is 0. The van der Waals surface area contributed by atoms with Crippen molar-refractivity contribution in [2.45, 2.75) is 38.0 Å². The molecule has 0 N–H and O–H groups in total. The third-order valence-electron chi connectivity index (χ3n) is 3.43. The monoisotopic (exact) mass is 306 g/mol. The van der Waals surface area contributed by atoms with E-state index in [1.165, 1.54) is 16.7 Å². The van der Waals surface area contributed by atoms with E-state index in [9.17, 15) is 0 Å². The maximum Gasteiger partial charge on any atom is 0.0628 e. The molecule has 0 aromatic heterocycles. The topological polar surface area (TPSA) is 0 Å². The first-order chi connectivity index (χ1) is 9.38. The minimum atomic E-state index is -0.0217. The third-order valence-corrected chi connectivity index (χ3v) is 4.08. The summed E-state index contributed by atoms with van der Waals surface area (Å²) in [4.78, 5) is 0. The summed E-state index contributed by atoms with van der Waals surface area (Å²) in [5.74, 6) is 0. The van der Waals surface area contributed by atoms with Gasteiger partial charge in [0.1, 0.15) is 0 Å². The van der Waals surface area contributed by atoms with Crippen LogP contribution >= 0.6 is 23.2 Å². The van der Waals surface area contributed by atoms with Crippen molar-refractivity contribution in [3.63, 3.8) is 0 Å². The van der Waals surface area contributed by atoms with Crippen LogP contribution in [0.15, 0.2) is 48.5 Å². The minimum absolute atomic E-state index is 0.0217. The fourth-order valence-corrected chi connectivity index (χ4v) is 2.88. The van der Waals surface area contributed by atoms with Crippen LogP contribution in [0.4, 0.5) is 0 Å². The lowest BCUT2D eigenvalue weighted by molar-refractivity contribution is 0.580. The van der Waals surface area contributed by atoms with Crippen molar-refractivity contribution in [2.24, 2.45) is 0 Å². The molecule has 0 fully saturated rings. The highest BCUT2D eigenvalue weighted by Gasteiger charge is 2.21. The Morgan fingerprint density at radius 3 is 2.15 bits per heavy atom. The minimum Gasteiger partial charge on any atom is -0.117 e. The van der Waals surface area contributed by atoms with Gasteiger partial charge in [-0.25, -0.2) is 0 Å². The molecule has 0 aliphatic carbocycles. The van der Waals surface area contributed by atoms with E-state index >= 15 is 0 Å². The lowest BCUT2D eigenvalue weighted by Crippen LogP contribution is -2.15. The number of hydrogen-bond donors (Lipinski definition) is 0. The molecule has 0 saturated carbocycles. The van der Waals surface area contributed by atoms with Gasteiger partial charge in [0, 0.05) is 5.02 Å². The van der Waals surface area contributed by atoms with Crippen LogP contribution < -0.4 is 0 Å². The fraction of sp³-hybridized carbons (Fsp3) is 0.333. The Hall–Kier alpha value is -0.980. The largest absolute Gasteiger partial charge is 0.117 e. The second-order valence-electron chi connectivity index (χ2n) is 6.14. The van der Waals surface area contributed by atoms with Gasteiger partial charge >= 0.3 is 0 Å². The van der Waals surface area contributed by atoms with E-state index < -0.39 is 0 Å². The average molecular weight is 307 g/mol. The lowest BCUT2D eigenvalue weighted by Gasteiger charge is -2.25. The summed E-state index contributed by atoms with van der Waals surface area (Å²) in [6.45, 7) is 6.66. The molecule has 2 rings (SSSR count). The van der Waals surface area contributed by atoms with E-state index in [-0.39, 0.29) is 10.8 Å². The zero-order valence-corrected chi connectivity index (χ0v) is 13.7. The fourth-order valence-electron chi connectivity index (χ4n) is 2.39. The second kappa shape index (κ2) is 6.20. The number of halogens is 2. The Kier molecular flexibility index (Phi) is 4.78. The molecule has 1 unspecified atom stereocenters. The summed E-state index contributed by atoms with van der Waals surface area (Å²) in [6.07, 6.45) is 0.811. The van der Waals surface area contributed by atoms with Crippen LogP contribution in [0, 0.1) is 0 Å². The first-order valence-corrected chi connectivity index (χ1v) is 7.67. The molecule has 0 spiro atoms. The zero-order valence-electron chi connectivity index (χ0n) is 12.2. The van der Waals surface area contributed by atoms with Crippen molar-refractivity contribution in [3.8, 4) is 0 Å². The van der Waals surface area contributed by atoms with E-state index in [0.29, 0.717) is 0 Å². The van der Waals surface area contributed by atoms with Gasteiger partial charge in [-0.05, 0) is 40.7 Å². The second-order valence-corrected chi connectivity index (χ2v) is 7.10. The van der Waals surface area contributed by atoms with Gasteiger partial charge in [-0.1, -0.05) is 68.8 Å². The summed E-state index contributed by atoms with van der Waals surface area (Å²) in [5.41, 5.74) is 3.84. The molecule has 0 amide bonds. The Bertz CT molecular complexity index is 565. The Morgan fingerprint density at radius 1 is 0.950 bits per heavy atom. The number of rotatable bonds is 3. The predicted octanol–water partition coefficient (Wildman–Crippen LogP) is 6.16. The molecular formula is C18H20Cl2. The highest BCUT2D eigenvalue weighted by Crippen LogP contribution is 2.34. The predicted molar refractivity (Wildman–Crippen MR) is 88.9 cm³/mol. The van der Waals surface area contributed by atoms with Crippen LogP contribution in [0.3, 0.4) is 0 Å². The van der Waals surface area contributed by atoms with E-state index in [1.807, 2.05) is 24.3 Å². The molecule has 0 saturated heterocycles. The molecule has 2 aromatic rings. The molecule has 0 heterocycles. The maximum atomic E-state index is 6.66. The van der Waals surface area contributed by atoms with E-state index in [0.717, 1.165) is 11.4 Å². The summed E-state index contributed by atoms with van der Waals surface area (Å²) >= 11 is 12.6. The molecular weight excluding hydrogens is 287 g/mol. The lowest BCUT2D eigenvalue weighted by atomic mass is 9.82. The highest BCUT2D eigenvalue weighted by atomic mass is 35.5. The molecule has 0 bridgehead atoms. The van der Waals surface area contributed by atoms with Crippen molar-refractivity contribution in [2.75, 3.05) is 0 Å². The van der Waals surface area contributed by atoms with Crippen LogP contribution in [0.2, 0.25) is 5.02 Å². The van der Waals surface area contributed by atoms with Gasteiger partial charge in [-0.3, -0.25) is 0 Å². The molecule has 0 nitrogen and oxygen atoms in total. The van der Waals surface area contributed by atoms with Crippen LogP contribution in [0.25, 0.3) is 0 Å². The SMILES string of the molecule is CC(C)(C)c1ccccc1C(Cl)Cc1ccc(Cl)cc1. The van der Waals surface area contributed by atoms with E-state index in [2.05, 4.69) is 45.0 Å². The number of benzene rings is 2. The van der Waals surface area contributed by atoms with Gasteiger partial charge in [-0.15, -0.1) is 11.6 Å². The summed E-state index contributed by atoms with van der Waals surface area (Å²) in [6, 6.07) is 16.3. The molecule has 0 aliphatic rings. The van der Waals surface area contributed by atoms with Crippen molar-refractivity contribution in [1.82, 2.24) is 0 Å². The van der Waals surface area contributed by atoms with Crippen molar-refractivity contribution in [3.05, 3.63) is 70.2 Å². The molecule has 20 heavy (non-hydrogen) atoms. The summed E-state index contributed by atoms with van der Waals surface area (Å²) in [7, 11) is 0. The summed E-state index contributed by atoms with van der Waals surface area (Å²) < 4.78 is 0. The van der Waals surface area contributed by atoms with Crippen LogP contribution in [-0.2, 0) is 11.8 Å². The first-order valence-electron chi connectivity index (χ1n) is 6.86. The van der Waals surface area contributed by atoms with E-state index in [1.54, 1.807) is 0 Å². The normalized spacial score (nSPS) is 13.2. The number of alkyl halides is 1. The molecule has 0 radical (unpaired) electrons. The van der Waals surface area contributed by atoms with Crippen molar-refractivity contribution >= 4 is 23.2 Å². The van der Waals surface area contributed by atoms with Gasteiger partial charge in [0.05, 0.1) is 5.38 Å². The van der Waals surface area contributed by atoms with Crippen molar-refractivity contribution in [1.29, 1.82) is 0 Å². The van der Waals surface area contributed by atoms with Crippen LogP contribution in [-0.4, -0.2) is 0 Å². The highest BCUT2D eigenvalue weighted by molar-refractivity contribution is 6.30. The standard InChI is InChI=1S/C18H20Cl2/c1-18(2,3)16-7-5-4-6-15(16)17(20)12-13-8-10-14(19)11-9-13/h4-11,17H,12H2,1-3H3. The quantitative estimate of drug-likeness (QED) is 0.596. The van der Waals surface area contributed by atoms with Crippen LogP contribution in [0.1, 0.15) is 42.8 Å². The first kappa shape index (κ1) is 15.4. The van der Waals surface area contributed by atoms with Gasteiger partial charge < -0.3 is 0 Å². The van der Waals surface area contributed by atoms with Crippen molar-refractivity contribution < 1.29 is 0 Å².